The lowest BCUT2D eigenvalue weighted by molar-refractivity contribution is 0.217. The molecule has 1 unspecified atom stereocenters. The second-order valence-electron chi connectivity index (χ2n) is 4.97. The van der Waals surface area contributed by atoms with Crippen LogP contribution in [0.5, 0.6) is 0 Å². The lowest BCUT2D eigenvalue weighted by Gasteiger charge is -2.21. The molecule has 1 atom stereocenters. The maximum atomic E-state index is 12.1. The molecule has 1 aromatic carbocycles. The van der Waals surface area contributed by atoms with Gasteiger partial charge in [-0.2, -0.15) is 0 Å². The average molecular weight is 299 g/mol. The third-order valence-electron chi connectivity index (χ3n) is 3.22. The SMILES string of the molecule is CCCNC(CS(=O)(=O)CCOC)c1ccccc1C. The minimum absolute atomic E-state index is 0.0691. The van der Waals surface area contributed by atoms with E-state index in [1.807, 2.05) is 31.2 Å². The molecule has 0 heterocycles. The van der Waals surface area contributed by atoms with Crippen molar-refractivity contribution in [1.29, 1.82) is 0 Å². The van der Waals surface area contributed by atoms with E-state index in [4.69, 9.17) is 4.74 Å². The summed E-state index contributed by atoms with van der Waals surface area (Å²) in [4.78, 5) is 0. The van der Waals surface area contributed by atoms with Gasteiger partial charge >= 0.3 is 0 Å². The lowest BCUT2D eigenvalue weighted by Crippen LogP contribution is -2.31. The fourth-order valence-corrected chi connectivity index (χ4v) is 3.50. The zero-order valence-electron chi connectivity index (χ0n) is 12.6. The third-order valence-corrected chi connectivity index (χ3v) is 4.85. The molecule has 0 aliphatic rings. The Hall–Kier alpha value is -0.910. The van der Waals surface area contributed by atoms with Crippen LogP contribution in [0.25, 0.3) is 0 Å². The van der Waals surface area contributed by atoms with Crippen molar-refractivity contribution < 1.29 is 13.2 Å². The first-order valence-corrected chi connectivity index (χ1v) is 8.80. The molecule has 0 aliphatic carbocycles. The fraction of sp³-hybridized carbons (Fsp3) is 0.600. The molecule has 4 nitrogen and oxygen atoms in total. The van der Waals surface area contributed by atoms with Crippen LogP contribution in [0.15, 0.2) is 24.3 Å². The fourth-order valence-electron chi connectivity index (χ4n) is 2.10. The summed E-state index contributed by atoms with van der Waals surface area (Å²) in [7, 11) is -1.61. The highest BCUT2D eigenvalue weighted by atomic mass is 32.2. The van der Waals surface area contributed by atoms with Crippen LogP contribution in [0.2, 0.25) is 0 Å². The second kappa shape index (κ2) is 8.39. The van der Waals surface area contributed by atoms with Crippen molar-refractivity contribution in [1.82, 2.24) is 5.32 Å². The topological polar surface area (TPSA) is 55.4 Å². The van der Waals surface area contributed by atoms with E-state index in [1.54, 1.807) is 0 Å². The van der Waals surface area contributed by atoms with E-state index in [0.717, 1.165) is 24.1 Å². The van der Waals surface area contributed by atoms with Crippen LogP contribution in [-0.2, 0) is 14.6 Å². The standard InChI is InChI=1S/C15H25NO3S/c1-4-9-16-15(12-20(17,18)11-10-19-3)14-8-6-5-7-13(14)2/h5-8,15-16H,4,9-12H2,1-3H3. The maximum Gasteiger partial charge on any atom is 0.154 e. The molecule has 20 heavy (non-hydrogen) atoms. The Kier molecular flexibility index (Phi) is 7.19. The summed E-state index contributed by atoms with van der Waals surface area (Å²) in [5, 5.41) is 3.34. The number of rotatable bonds is 9. The number of benzene rings is 1. The van der Waals surface area contributed by atoms with Gasteiger partial charge in [0.05, 0.1) is 18.1 Å². The minimum Gasteiger partial charge on any atom is -0.384 e. The summed E-state index contributed by atoms with van der Waals surface area (Å²) < 4.78 is 29.1. The van der Waals surface area contributed by atoms with E-state index in [1.165, 1.54) is 7.11 Å². The van der Waals surface area contributed by atoms with Gasteiger partial charge in [-0.1, -0.05) is 31.2 Å². The van der Waals surface area contributed by atoms with Crippen LogP contribution < -0.4 is 5.32 Å². The maximum absolute atomic E-state index is 12.1. The molecule has 0 amide bonds. The van der Waals surface area contributed by atoms with Crippen molar-refractivity contribution in [3.05, 3.63) is 35.4 Å². The zero-order chi connectivity index (χ0) is 15.0. The van der Waals surface area contributed by atoms with E-state index in [-0.39, 0.29) is 24.2 Å². The van der Waals surface area contributed by atoms with Crippen molar-refractivity contribution in [2.24, 2.45) is 0 Å². The molecule has 0 aromatic heterocycles. The number of hydrogen-bond acceptors (Lipinski definition) is 4. The summed E-state index contributed by atoms with van der Waals surface area (Å²) in [6.07, 6.45) is 0.973. The van der Waals surface area contributed by atoms with E-state index in [0.29, 0.717) is 0 Å². The highest BCUT2D eigenvalue weighted by molar-refractivity contribution is 7.91. The lowest BCUT2D eigenvalue weighted by atomic mass is 10.0. The van der Waals surface area contributed by atoms with Crippen LogP contribution in [-0.4, -0.2) is 40.2 Å². The van der Waals surface area contributed by atoms with Crippen LogP contribution in [0.1, 0.15) is 30.5 Å². The number of aryl methyl sites for hydroxylation is 1. The van der Waals surface area contributed by atoms with Gasteiger partial charge in [-0.05, 0) is 31.0 Å². The van der Waals surface area contributed by atoms with E-state index in [9.17, 15) is 8.42 Å². The molecular formula is C15H25NO3S. The highest BCUT2D eigenvalue weighted by Crippen LogP contribution is 2.19. The number of sulfone groups is 1. The molecule has 5 heteroatoms. The quantitative estimate of drug-likeness (QED) is 0.758. The number of hydrogen-bond donors (Lipinski definition) is 1. The molecule has 0 saturated heterocycles. The van der Waals surface area contributed by atoms with Crippen molar-refractivity contribution >= 4 is 9.84 Å². The first-order valence-electron chi connectivity index (χ1n) is 6.98. The van der Waals surface area contributed by atoms with E-state index >= 15 is 0 Å². The molecule has 0 bridgehead atoms. The van der Waals surface area contributed by atoms with E-state index in [2.05, 4.69) is 12.2 Å². The summed E-state index contributed by atoms with van der Waals surface area (Å²) >= 11 is 0. The molecule has 0 aliphatic heterocycles. The number of nitrogens with one attached hydrogen (secondary N) is 1. The zero-order valence-corrected chi connectivity index (χ0v) is 13.4. The Morgan fingerprint density at radius 2 is 2.00 bits per heavy atom. The summed E-state index contributed by atoms with van der Waals surface area (Å²) in [6, 6.07) is 7.77. The number of ether oxygens (including phenoxy) is 1. The Bertz CT molecular complexity index is 500. The Labute approximate surface area is 122 Å². The van der Waals surface area contributed by atoms with Crippen molar-refractivity contribution in [2.45, 2.75) is 26.3 Å². The molecule has 0 saturated carbocycles. The predicted octanol–water partition coefficient (Wildman–Crippen LogP) is 2.10. The predicted molar refractivity (Wildman–Crippen MR) is 82.7 cm³/mol. The summed E-state index contributed by atoms with van der Waals surface area (Å²) in [5.74, 6) is 0.181. The highest BCUT2D eigenvalue weighted by Gasteiger charge is 2.21. The molecule has 0 radical (unpaired) electrons. The largest absolute Gasteiger partial charge is 0.384 e. The van der Waals surface area contributed by atoms with Gasteiger partial charge in [-0.15, -0.1) is 0 Å². The molecular weight excluding hydrogens is 274 g/mol. The third kappa shape index (κ3) is 5.61. The Balaban J connectivity index is 2.87. The van der Waals surface area contributed by atoms with Gasteiger partial charge in [0.15, 0.2) is 9.84 Å². The van der Waals surface area contributed by atoms with Crippen molar-refractivity contribution in [2.75, 3.05) is 31.8 Å². The molecule has 1 N–H and O–H groups in total. The molecule has 1 aromatic rings. The van der Waals surface area contributed by atoms with Gasteiger partial charge in [-0.3, -0.25) is 0 Å². The number of methoxy groups -OCH3 is 1. The van der Waals surface area contributed by atoms with Crippen LogP contribution >= 0.6 is 0 Å². The first-order chi connectivity index (χ1) is 9.50. The summed E-state index contributed by atoms with van der Waals surface area (Å²) in [5.41, 5.74) is 2.17. The second-order valence-corrected chi connectivity index (χ2v) is 7.20. The molecule has 0 fully saturated rings. The van der Waals surface area contributed by atoms with Gasteiger partial charge < -0.3 is 10.1 Å². The Morgan fingerprint density at radius 1 is 1.30 bits per heavy atom. The summed E-state index contributed by atoms with van der Waals surface area (Å²) in [6.45, 7) is 5.13. The van der Waals surface area contributed by atoms with Crippen molar-refractivity contribution in [3.8, 4) is 0 Å². The smallest absolute Gasteiger partial charge is 0.154 e. The van der Waals surface area contributed by atoms with Gasteiger partial charge in [0, 0.05) is 13.2 Å². The van der Waals surface area contributed by atoms with Crippen molar-refractivity contribution in [3.63, 3.8) is 0 Å². The van der Waals surface area contributed by atoms with Gasteiger partial charge in [-0.25, -0.2) is 8.42 Å². The van der Waals surface area contributed by atoms with Gasteiger partial charge in [0.1, 0.15) is 0 Å². The monoisotopic (exact) mass is 299 g/mol. The average Bonchev–Trinajstić information content (AvgIpc) is 2.42. The van der Waals surface area contributed by atoms with Crippen LogP contribution in [0.4, 0.5) is 0 Å². The molecule has 0 spiro atoms. The van der Waals surface area contributed by atoms with Gasteiger partial charge in [0.2, 0.25) is 0 Å². The normalized spacial score (nSPS) is 13.3. The Morgan fingerprint density at radius 3 is 2.60 bits per heavy atom. The van der Waals surface area contributed by atoms with E-state index < -0.39 is 9.84 Å². The molecule has 1 rings (SSSR count). The minimum atomic E-state index is -3.13. The van der Waals surface area contributed by atoms with Crippen LogP contribution in [0.3, 0.4) is 0 Å². The first kappa shape index (κ1) is 17.1. The molecule has 114 valence electrons. The van der Waals surface area contributed by atoms with Crippen LogP contribution in [0, 0.1) is 6.92 Å². The van der Waals surface area contributed by atoms with Gasteiger partial charge in [0.25, 0.3) is 0 Å².